The van der Waals surface area contributed by atoms with E-state index in [1.807, 2.05) is 7.05 Å². The lowest BCUT2D eigenvalue weighted by molar-refractivity contribution is -0.0356. The quantitative estimate of drug-likeness (QED) is 0.848. The fraction of sp³-hybridized carbons (Fsp3) is 0.786. The molecule has 0 amide bonds. The average molecular weight is 271 g/mol. The summed E-state index contributed by atoms with van der Waals surface area (Å²) in [5, 5.41) is 15.5. The van der Waals surface area contributed by atoms with Crippen molar-refractivity contribution in [3.05, 3.63) is 16.9 Å². The van der Waals surface area contributed by atoms with Crippen LogP contribution >= 0.6 is 11.6 Å². The second-order valence-corrected chi connectivity index (χ2v) is 7.04. The van der Waals surface area contributed by atoms with Crippen LogP contribution in [0.15, 0.2) is 6.20 Å². The van der Waals surface area contributed by atoms with Gasteiger partial charge in [0, 0.05) is 7.05 Å². The monoisotopic (exact) mass is 270 g/mol. The number of aryl methyl sites for hydroxylation is 1. The fourth-order valence-corrected chi connectivity index (χ4v) is 3.47. The summed E-state index contributed by atoms with van der Waals surface area (Å²) < 4.78 is 1.71. The van der Waals surface area contributed by atoms with Crippen LogP contribution in [-0.2, 0) is 12.6 Å². The molecule has 102 valence electrons. The molecule has 0 bridgehead atoms. The highest BCUT2D eigenvalue weighted by Gasteiger charge is 2.41. The zero-order chi connectivity index (χ0) is 13.6. The van der Waals surface area contributed by atoms with Crippen LogP contribution in [0, 0.1) is 11.3 Å². The largest absolute Gasteiger partial charge is 0.384 e. The Balaban J connectivity index is 2.18. The topological polar surface area (TPSA) is 38.0 Å². The van der Waals surface area contributed by atoms with Gasteiger partial charge in [-0.25, -0.2) is 0 Å². The highest BCUT2D eigenvalue weighted by molar-refractivity contribution is 6.31. The Bertz CT molecular complexity index is 406. The minimum Gasteiger partial charge on any atom is -0.384 e. The zero-order valence-corrected chi connectivity index (χ0v) is 12.5. The Hall–Kier alpha value is -0.540. The third-order valence-corrected chi connectivity index (χ3v) is 4.65. The van der Waals surface area contributed by atoms with E-state index in [9.17, 15) is 5.11 Å². The normalized spacial score (nSPS) is 29.6. The Morgan fingerprint density at radius 2 is 1.94 bits per heavy atom. The number of hydrogen-bond donors (Lipinski definition) is 1. The van der Waals surface area contributed by atoms with Crippen LogP contribution in [0.5, 0.6) is 0 Å². The van der Waals surface area contributed by atoms with Crippen molar-refractivity contribution < 1.29 is 5.11 Å². The summed E-state index contributed by atoms with van der Waals surface area (Å²) in [7, 11) is 1.84. The van der Waals surface area contributed by atoms with E-state index in [1.165, 1.54) is 0 Å². The van der Waals surface area contributed by atoms with E-state index in [0.717, 1.165) is 31.4 Å². The predicted octanol–water partition coefficient (Wildman–Crippen LogP) is 3.50. The van der Waals surface area contributed by atoms with Crippen molar-refractivity contribution in [3.8, 4) is 0 Å². The minimum atomic E-state index is -0.802. The van der Waals surface area contributed by atoms with E-state index in [0.29, 0.717) is 16.4 Å². The number of halogens is 1. The van der Waals surface area contributed by atoms with E-state index in [-0.39, 0.29) is 0 Å². The number of nitrogens with zero attached hydrogens (tertiary/aromatic N) is 2. The van der Waals surface area contributed by atoms with Gasteiger partial charge in [0.1, 0.15) is 5.60 Å². The third kappa shape index (κ3) is 2.43. The smallest absolute Gasteiger partial charge is 0.108 e. The maximum absolute atomic E-state index is 10.8. The molecule has 0 radical (unpaired) electrons. The Kier molecular flexibility index (Phi) is 3.50. The van der Waals surface area contributed by atoms with Gasteiger partial charge in [0.15, 0.2) is 0 Å². The molecule has 1 aromatic rings. The van der Waals surface area contributed by atoms with Gasteiger partial charge in [-0.2, -0.15) is 5.10 Å². The SMILES string of the molecule is Cn1ncc(Cl)c1C1(O)CCC(C(C)(C)C)CC1. The lowest BCUT2D eigenvalue weighted by atomic mass is 9.67. The van der Waals surface area contributed by atoms with Gasteiger partial charge in [-0.1, -0.05) is 32.4 Å². The van der Waals surface area contributed by atoms with Crippen LogP contribution in [0.4, 0.5) is 0 Å². The number of rotatable bonds is 1. The molecule has 1 aromatic heterocycles. The first-order chi connectivity index (χ1) is 8.24. The third-order valence-electron chi connectivity index (χ3n) is 4.37. The Labute approximate surface area is 114 Å². The van der Waals surface area contributed by atoms with Gasteiger partial charge in [0.05, 0.1) is 16.9 Å². The summed E-state index contributed by atoms with van der Waals surface area (Å²) in [4.78, 5) is 0. The maximum atomic E-state index is 10.8. The van der Waals surface area contributed by atoms with E-state index in [4.69, 9.17) is 11.6 Å². The molecular weight excluding hydrogens is 248 g/mol. The van der Waals surface area contributed by atoms with Crippen molar-refractivity contribution in [2.75, 3.05) is 0 Å². The molecule has 1 saturated carbocycles. The minimum absolute atomic E-state index is 0.317. The van der Waals surface area contributed by atoms with Gasteiger partial charge < -0.3 is 5.11 Å². The summed E-state index contributed by atoms with van der Waals surface area (Å²) >= 11 is 6.15. The van der Waals surface area contributed by atoms with Gasteiger partial charge in [0.25, 0.3) is 0 Å². The van der Waals surface area contributed by atoms with E-state index in [1.54, 1.807) is 10.9 Å². The molecule has 0 saturated heterocycles. The van der Waals surface area contributed by atoms with Crippen molar-refractivity contribution in [3.63, 3.8) is 0 Å². The van der Waals surface area contributed by atoms with Gasteiger partial charge >= 0.3 is 0 Å². The molecule has 0 aliphatic heterocycles. The molecule has 3 nitrogen and oxygen atoms in total. The average Bonchev–Trinajstić information content (AvgIpc) is 2.58. The van der Waals surface area contributed by atoms with Crippen LogP contribution in [0.25, 0.3) is 0 Å². The van der Waals surface area contributed by atoms with E-state index >= 15 is 0 Å². The van der Waals surface area contributed by atoms with Crippen LogP contribution < -0.4 is 0 Å². The highest BCUT2D eigenvalue weighted by Crippen LogP contribution is 2.46. The van der Waals surface area contributed by atoms with Crippen molar-refractivity contribution in [1.29, 1.82) is 0 Å². The van der Waals surface area contributed by atoms with Gasteiger partial charge in [-0.15, -0.1) is 0 Å². The van der Waals surface area contributed by atoms with E-state index in [2.05, 4.69) is 25.9 Å². The second kappa shape index (κ2) is 4.53. The van der Waals surface area contributed by atoms with Crippen molar-refractivity contribution in [2.24, 2.45) is 18.4 Å². The summed E-state index contributed by atoms with van der Waals surface area (Å²) in [6.07, 6.45) is 5.25. The van der Waals surface area contributed by atoms with Crippen LogP contribution in [0.3, 0.4) is 0 Å². The molecule has 18 heavy (non-hydrogen) atoms. The first kappa shape index (κ1) is 13.9. The molecule has 1 aliphatic carbocycles. The van der Waals surface area contributed by atoms with Gasteiger partial charge in [0.2, 0.25) is 0 Å². The second-order valence-electron chi connectivity index (χ2n) is 6.64. The lowest BCUT2D eigenvalue weighted by Gasteiger charge is -2.41. The van der Waals surface area contributed by atoms with Crippen molar-refractivity contribution >= 4 is 11.6 Å². The molecule has 4 heteroatoms. The van der Waals surface area contributed by atoms with Crippen molar-refractivity contribution in [1.82, 2.24) is 9.78 Å². The Morgan fingerprint density at radius 3 is 2.33 bits per heavy atom. The number of aromatic nitrogens is 2. The van der Waals surface area contributed by atoms with Crippen LogP contribution in [0.1, 0.15) is 52.1 Å². The number of aliphatic hydroxyl groups is 1. The first-order valence-corrected chi connectivity index (χ1v) is 7.02. The molecular formula is C14H23ClN2O. The molecule has 0 atom stereocenters. The molecule has 0 spiro atoms. The van der Waals surface area contributed by atoms with Crippen LogP contribution in [0.2, 0.25) is 5.02 Å². The molecule has 1 N–H and O–H groups in total. The fourth-order valence-electron chi connectivity index (χ4n) is 3.13. The van der Waals surface area contributed by atoms with Crippen LogP contribution in [-0.4, -0.2) is 14.9 Å². The molecule has 0 unspecified atom stereocenters. The molecule has 1 aliphatic rings. The standard InChI is InChI=1S/C14H23ClN2O/c1-13(2,3)10-5-7-14(18,8-6-10)12-11(15)9-16-17(12)4/h9-10,18H,5-8H2,1-4H3. The van der Waals surface area contributed by atoms with Gasteiger partial charge in [-0.3, -0.25) is 4.68 Å². The first-order valence-electron chi connectivity index (χ1n) is 6.64. The summed E-state index contributed by atoms with van der Waals surface area (Å²) in [6, 6.07) is 0. The van der Waals surface area contributed by atoms with E-state index < -0.39 is 5.60 Å². The predicted molar refractivity (Wildman–Crippen MR) is 73.5 cm³/mol. The summed E-state index contributed by atoms with van der Waals surface area (Å²) in [5.41, 5.74) is 0.290. The molecule has 0 aromatic carbocycles. The highest BCUT2D eigenvalue weighted by atomic mass is 35.5. The maximum Gasteiger partial charge on any atom is 0.108 e. The molecule has 1 fully saturated rings. The van der Waals surface area contributed by atoms with Gasteiger partial charge in [-0.05, 0) is 37.0 Å². The molecule has 1 heterocycles. The van der Waals surface area contributed by atoms with Crippen molar-refractivity contribution in [2.45, 2.75) is 52.1 Å². The molecule has 2 rings (SSSR count). The Morgan fingerprint density at radius 1 is 1.39 bits per heavy atom. The summed E-state index contributed by atoms with van der Waals surface area (Å²) in [6.45, 7) is 6.83. The number of hydrogen-bond acceptors (Lipinski definition) is 2. The lowest BCUT2D eigenvalue weighted by Crippen LogP contribution is -2.37. The summed E-state index contributed by atoms with van der Waals surface area (Å²) in [5.74, 6) is 0.671. The zero-order valence-electron chi connectivity index (χ0n) is 11.7.